The number of hydrogen-bond acceptors (Lipinski definition) is 2. The van der Waals surface area contributed by atoms with Gasteiger partial charge in [0, 0.05) is 18.6 Å². The zero-order chi connectivity index (χ0) is 8.70. The number of rotatable bonds is 0. The van der Waals surface area contributed by atoms with Gasteiger partial charge in [0.1, 0.15) is 0 Å². The first-order chi connectivity index (χ1) is 4.87. The molecular formula is C9H16N2. The van der Waals surface area contributed by atoms with Gasteiger partial charge in [0.25, 0.3) is 0 Å². The van der Waals surface area contributed by atoms with Crippen molar-refractivity contribution in [2.75, 3.05) is 13.1 Å². The molecule has 0 atom stereocenters. The highest BCUT2D eigenvalue weighted by Gasteiger charge is 2.43. The van der Waals surface area contributed by atoms with Gasteiger partial charge in [0.15, 0.2) is 0 Å². The summed E-state index contributed by atoms with van der Waals surface area (Å²) in [5.41, 5.74) is 0.156. The lowest BCUT2D eigenvalue weighted by Gasteiger charge is -2.50. The minimum absolute atomic E-state index is 0.0761. The summed E-state index contributed by atoms with van der Waals surface area (Å²) in [6, 6.07) is 2.34. The predicted octanol–water partition coefficient (Wildman–Crippen LogP) is 1.63. The van der Waals surface area contributed by atoms with E-state index in [1.807, 2.05) is 6.92 Å². The van der Waals surface area contributed by atoms with Crippen molar-refractivity contribution in [1.82, 2.24) is 4.90 Å². The van der Waals surface area contributed by atoms with Crippen LogP contribution in [0.25, 0.3) is 0 Å². The fourth-order valence-corrected chi connectivity index (χ4v) is 1.34. The Hall–Kier alpha value is -0.550. The highest BCUT2D eigenvalue weighted by molar-refractivity contribution is 5.08. The van der Waals surface area contributed by atoms with Crippen LogP contribution in [0.2, 0.25) is 0 Å². The Morgan fingerprint density at radius 2 is 1.82 bits per heavy atom. The van der Waals surface area contributed by atoms with Crippen molar-refractivity contribution in [3.8, 4) is 6.07 Å². The maximum Gasteiger partial charge on any atom is 0.0799 e. The van der Waals surface area contributed by atoms with Crippen LogP contribution in [0.3, 0.4) is 0 Å². The van der Waals surface area contributed by atoms with Gasteiger partial charge in [-0.2, -0.15) is 5.26 Å². The summed E-state index contributed by atoms with van der Waals surface area (Å²) in [5.74, 6) is 0. The summed E-state index contributed by atoms with van der Waals surface area (Å²) in [4.78, 5) is 2.33. The third-order valence-corrected chi connectivity index (χ3v) is 2.30. The fraction of sp³-hybridized carbons (Fsp3) is 0.889. The number of nitrogens with zero attached hydrogens (tertiary/aromatic N) is 2. The van der Waals surface area contributed by atoms with Gasteiger partial charge in [-0.25, -0.2) is 0 Å². The van der Waals surface area contributed by atoms with E-state index in [1.54, 1.807) is 0 Å². The van der Waals surface area contributed by atoms with Crippen molar-refractivity contribution >= 4 is 0 Å². The number of likely N-dealkylation sites (tertiary alicyclic amines) is 1. The molecule has 11 heavy (non-hydrogen) atoms. The van der Waals surface area contributed by atoms with Gasteiger partial charge in [0.2, 0.25) is 0 Å². The molecule has 0 aromatic rings. The topological polar surface area (TPSA) is 27.0 Å². The molecule has 0 unspecified atom stereocenters. The molecule has 2 nitrogen and oxygen atoms in total. The molecule has 1 aliphatic heterocycles. The van der Waals surface area contributed by atoms with Crippen LogP contribution in [0, 0.1) is 16.7 Å². The number of hydrogen-bond donors (Lipinski definition) is 0. The zero-order valence-electron chi connectivity index (χ0n) is 7.81. The molecule has 0 radical (unpaired) electrons. The average molecular weight is 152 g/mol. The first kappa shape index (κ1) is 8.55. The standard InChI is InChI=1S/C9H16N2/c1-8(2,3)11-6-9(4,5-10)7-11/h6-7H2,1-4H3. The van der Waals surface area contributed by atoms with Gasteiger partial charge < -0.3 is 0 Å². The molecule has 1 fully saturated rings. The highest BCUT2D eigenvalue weighted by atomic mass is 15.3. The molecule has 1 saturated heterocycles. The first-order valence-electron chi connectivity index (χ1n) is 4.04. The zero-order valence-corrected chi connectivity index (χ0v) is 7.81. The lowest BCUT2D eigenvalue weighted by Crippen LogP contribution is -2.60. The normalized spacial score (nSPS) is 23.9. The summed E-state index contributed by atoms with van der Waals surface area (Å²) < 4.78 is 0. The van der Waals surface area contributed by atoms with Gasteiger partial charge in [-0.1, -0.05) is 0 Å². The highest BCUT2D eigenvalue weighted by Crippen LogP contribution is 2.34. The molecule has 1 aliphatic rings. The van der Waals surface area contributed by atoms with Crippen LogP contribution in [-0.2, 0) is 0 Å². The molecule has 1 rings (SSSR count). The van der Waals surface area contributed by atoms with Crippen molar-refractivity contribution in [2.24, 2.45) is 5.41 Å². The Labute approximate surface area is 68.8 Å². The van der Waals surface area contributed by atoms with E-state index < -0.39 is 0 Å². The molecular weight excluding hydrogens is 136 g/mol. The van der Waals surface area contributed by atoms with E-state index in [0.717, 1.165) is 13.1 Å². The van der Waals surface area contributed by atoms with Crippen LogP contribution in [0.1, 0.15) is 27.7 Å². The summed E-state index contributed by atoms with van der Waals surface area (Å²) in [7, 11) is 0. The van der Waals surface area contributed by atoms with E-state index in [2.05, 4.69) is 31.7 Å². The maximum absolute atomic E-state index is 8.75. The lowest BCUT2D eigenvalue weighted by molar-refractivity contribution is -0.0153. The maximum atomic E-state index is 8.75. The molecule has 0 N–H and O–H groups in total. The van der Waals surface area contributed by atoms with E-state index in [1.165, 1.54) is 0 Å². The third kappa shape index (κ3) is 1.54. The third-order valence-electron chi connectivity index (χ3n) is 2.30. The van der Waals surface area contributed by atoms with Gasteiger partial charge in [-0.05, 0) is 27.7 Å². The van der Waals surface area contributed by atoms with Crippen molar-refractivity contribution in [2.45, 2.75) is 33.2 Å². The van der Waals surface area contributed by atoms with Crippen molar-refractivity contribution < 1.29 is 0 Å². The molecule has 0 aliphatic carbocycles. The quantitative estimate of drug-likeness (QED) is 0.527. The van der Waals surface area contributed by atoms with E-state index in [4.69, 9.17) is 5.26 Å². The second-order valence-electron chi connectivity index (χ2n) is 4.70. The Balaban J connectivity index is 2.49. The molecule has 0 amide bonds. The monoisotopic (exact) mass is 152 g/mol. The van der Waals surface area contributed by atoms with Crippen LogP contribution in [0.4, 0.5) is 0 Å². The van der Waals surface area contributed by atoms with Crippen LogP contribution >= 0.6 is 0 Å². The predicted molar refractivity (Wildman–Crippen MR) is 45.0 cm³/mol. The van der Waals surface area contributed by atoms with Crippen molar-refractivity contribution in [1.29, 1.82) is 5.26 Å². The molecule has 62 valence electrons. The Kier molecular flexibility index (Phi) is 1.72. The molecule has 0 bridgehead atoms. The molecule has 2 heteroatoms. The summed E-state index contributed by atoms with van der Waals surface area (Å²) in [6.07, 6.45) is 0. The second-order valence-corrected chi connectivity index (χ2v) is 4.70. The Morgan fingerprint density at radius 3 is 2.09 bits per heavy atom. The van der Waals surface area contributed by atoms with Gasteiger partial charge in [-0.3, -0.25) is 4.90 Å². The largest absolute Gasteiger partial charge is 0.295 e. The van der Waals surface area contributed by atoms with Crippen molar-refractivity contribution in [3.63, 3.8) is 0 Å². The Bertz CT molecular complexity index is 189. The summed E-state index contributed by atoms with van der Waals surface area (Å²) in [6.45, 7) is 10.4. The summed E-state index contributed by atoms with van der Waals surface area (Å²) in [5, 5.41) is 8.75. The van der Waals surface area contributed by atoms with E-state index in [0.29, 0.717) is 0 Å². The van der Waals surface area contributed by atoms with Gasteiger partial charge >= 0.3 is 0 Å². The Morgan fingerprint density at radius 1 is 1.36 bits per heavy atom. The average Bonchev–Trinajstić information content (AvgIpc) is 1.78. The molecule has 0 spiro atoms. The molecule has 0 aromatic carbocycles. The molecule has 1 heterocycles. The SMILES string of the molecule is CC1(C#N)CN(C(C)(C)C)C1. The van der Waals surface area contributed by atoms with Crippen LogP contribution in [0.5, 0.6) is 0 Å². The minimum atomic E-state index is -0.0761. The van der Waals surface area contributed by atoms with Crippen molar-refractivity contribution in [3.05, 3.63) is 0 Å². The fourth-order valence-electron chi connectivity index (χ4n) is 1.34. The second kappa shape index (κ2) is 2.22. The lowest BCUT2D eigenvalue weighted by atomic mass is 9.80. The summed E-state index contributed by atoms with van der Waals surface area (Å²) >= 11 is 0. The minimum Gasteiger partial charge on any atom is -0.295 e. The smallest absolute Gasteiger partial charge is 0.0799 e. The molecule has 0 aromatic heterocycles. The van der Waals surface area contributed by atoms with E-state index >= 15 is 0 Å². The van der Waals surface area contributed by atoms with Crippen LogP contribution in [-0.4, -0.2) is 23.5 Å². The van der Waals surface area contributed by atoms with E-state index in [9.17, 15) is 0 Å². The number of nitriles is 1. The van der Waals surface area contributed by atoms with Crippen LogP contribution < -0.4 is 0 Å². The first-order valence-corrected chi connectivity index (χ1v) is 4.04. The van der Waals surface area contributed by atoms with Gasteiger partial charge in [0.05, 0.1) is 11.5 Å². The van der Waals surface area contributed by atoms with Crippen LogP contribution in [0.15, 0.2) is 0 Å². The van der Waals surface area contributed by atoms with Gasteiger partial charge in [-0.15, -0.1) is 0 Å². The molecule has 0 saturated carbocycles. The van der Waals surface area contributed by atoms with E-state index in [-0.39, 0.29) is 11.0 Å².